The summed E-state index contributed by atoms with van der Waals surface area (Å²) in [5, 5.41) is 19.8. The summed E-state index contributed by atoms with van der Waals surface area (Å²) in [4.78, 5) is 45.4. The van der Waals surface area contributed by atoms with Crippen LogP contribution in [0.5, 0.6) is 5.75 Å². The summed E-state index contributed by atoms with van der Waals surface area (Å²) in [6.45, 7) is 6.07. The van der Waals surface area contributed by atoms with Gasteiger partial charge in [-0.25, -0.2) is 9.59 Å². The molecule has 0 heterocycles. The first-order valence-corrected chi connectivity index (χ1v) is 11.7. The van der Waals surface area contributed by atoms with Crippen molar-refractivity contribution < 1.29 is 38.9 Å². The summed E-state index contributed by atoms with van der Waals surface area (Å²) in [6, 6.07) is 5.51. The largest absolute Gasteiger partial charge is 0.494 e. The molecule has 0 aliphatic carbocycles. The molecular formula is C25H37NO8. The van der Waals surface area contributed by atoms with Crippen LogP contribution < -0.4 is 10.1 Å². The fourth-order valence-electron chi connectivity index (χ4n) is 3.13. The van der Waals surface area contributed by atoms with Crippen molar-refractivity contribution >= 4 is 23.8 Å². The number of hydrogen-bond donors (Lipinski definition) is 3. The number of unbranched alkanes of at least 4 members (excludes halogenated alkanes) is 6. The van der Waals surface area contributed by atoms with Gasteiger partial charge < -0.3 is 25.0 Å². The van der Waals surface area contributed by atoms with Crippen LogP contribution in [-0.4, -0.2) is 52.3 Å². The van der Waals surface area contributed by atoms with Gasteiger partial charge in [0.15, 0.2) is 0 Å². The SMILES string of the molecule is CC(C)(C)OC(=O)c1ccc(OCCCCCCCCCC(=O)NC(CC(=O)O)C(=O)O)cc1. The predicted octanol–water partition coefficient (Wildman–Crippen LogP) is 4.19. The van der Waals surface area contributed by atoms with Crippen LogP contribution in [-0.2, 0) is 19.1 Å². The third-order valence-corrected chi connectivity index (χ3v) is 4.82. The fraction of sp³-hybridized carbons (Fsp3) is 0.600. The Morgan fingerprint density at radius 2 is 1.44 bits per heavy atom. The molecule has 0 saturated carbocycles. The van der Waals surface area contributed by atoms with Crippen molar-refractivity contribution in [1.29, 1.82) is 0 Å². The van der Waals surface area contributed by atoms with Crippen LogP contribution in [0.15, 0.2) is 24.3 Å². The average molecular weight is 480 g/mol. The zero-order valence-corrected chi connectivity index (χ0v) is 20.3. The van der Waals surface area contributed by atoms with Gasteiger partial charge in [0.05, 0.1) is 18.6 Å². The lowest BCUT2D eigenvalue weighted by atomic mass is 10.1. The maximum absolute atomic E-state index is 12.0. The molecule has 9 heteroatoms. The van der Waals surface area contributed by atoms with Gasteiger partial charge >= 0.3 is 17.9 Å². The van der Waals surface area contributed by atoms with E-state index in [4.69, 9.17) is 19.7 Å². The average Bonchev–Trinajstić information content (AvgIpc) is 2.73. The van der Waals surface area contributed by atoms with Gasteiger partial charge in [0.1, 0.15) is 17.4 Å². The van der Waals surface area contributed by atoms with E-state index < -0.39 is 35.9 Å². The lowest BCUT2D eigenvalue weighted by Gasteiger charge is -2.19. The zero-order chi connectivity index (χ0) is 25.6. The second-order valence-electron chi connectivity index (χ2n) is 9.16. The number of carbonyl (C=O) groups excluding carboxylic acids is 2. The molecule has 1 amide bonds. The Labute approximate surface area is 200 Å². The minimum absolute atomic E-state index is 0.184. The molecule has 9 nitrogen and oxygen atoms in total. The van der Waals surface area contributed by atoms with Gasteiger partial charge in [-0.05, 0) is 57.9 Å². The molecule has 34 heavy (non-hydrogen) atoms. The first-order valence-electron chi connectivity index (χ1n) is 11.7. The maximum atomic E-state index is 12.0. The Bertz CT molecular complexity index is 798. The van der Waals surface area contributed by atoms with Crippen molar-refractivity contribution in [2.45, 2.75) is 90.2 Å². The molecule has 0 saturated heterocycles. The van der Waals surface area contributed by atoms with E-state index in [1.165, 1.54) is 0 Å². The van der Waals surface area contributed by atoms with Gasteiger partial charge in [-0.2, -0.15) is 0 Å². The highest BCUT2D eigenvalue weighted by Crippen LogP contribution is 2.17. The number of rotatable bonds is 16. The van der Waals surface area contributed by atoms with Crippen molar-refractivity contribution in [1.82, 2.24) is 5.32 Å². The number of carboxylic acids is 2. The number of carbonyl (C=O) groups is 4. The summed E-state index contributed by atoms with van der Waals surface area (Å²) in [6.07, 6.45) is 6.01. The van der Waals surface area contributed by atoms with Crippen molar-refractivity contribution in [3.05, 3.63) is 29.8 Å². The van der Waals surface area contributed by atoms with E-state index in [0.717, 1.165) is 38.5 Å². The molecule has 0 radical (unpaired) electrons. The molecule has 0 aromatic heterocycles. The Morgan fingerprint density at radius 1 is 0.882 bits per heavy atom. The number of ether oxygens (including phenoxy) is 2. The van der Waals surface area contributed by atoms with E-state index in [0.29, 0.717) is 24.3 Å². The highest BCUT2D eigenvalue weighted by Gasteiger charge is 2.22. The summed E-state index contributed by atoms with van der Waals surface area (Å²) in [5.41, 5.74) is -0.0442. The topological polar surface area (TPSA) is 139 Å². The molecule has 0 bridgehead atoms. The smallest absolute Gasteiger partial charge is 0.338 e. The van der Waals surface area contributed by atoms with Crippen molar-refractivity contribution in [3.63, 3.8) is 0 Å². The number of amides is 1. The third-order valence-electron chi connectivity index (χ3n) is 4.82. The van der Waals surface area contributed by atoms with Crippen LogP contribution >= 0.6 is 0 Å². The standard InChI is InChI=1S/C25H37NO8/c1-25(2,3)34-24(32)18-12-14-19(15-13-18)33-16-10-8-6-4-5-7-9-11-21(27)26-20(23(30)31)17-22(28)29/h12-15,20H,4-11,16-17H2,1-3H3,(H,26,27)(H,28,29)(H,30,31). The third kappa shape index (κ3) is 13.4. The van der Waals surface area contributed by atoms with E-state index >= 15 is 0 Å². The van der Waals surface area contributed by atoms with Gasteiger partial charge in [-0.3, -0.25) is 9.59 Å². The monoisotopic (exact) mass is 479 g/mol. The molecule has 0 fully saturated rings. The normalized spacial score (nSPS) is 12.0. The first-order chi connectivity index (χ1) is 16.0. The number of aliphatic carboxylic acids is 2. The second kappa shape index (κ2) is 14.9. The van der Waals surface area contributed by atoms with Crippen LogP contribution in [0.25, 0.3) is 0 Å². The summed E-state index contributed by atoms with van der Waals surface area (Å²) >= 11 is 0. The van der Waals surface area contributed by atoms with Gasteiger partial charge in [0.25, 0.3) is 0 Å². The Balaban J connectivity index is 2.08. The molecule has 190 valence electrons. The maximum Gasteiger partial charge on any atom is 0.338 e. The number of esters is 1. The number of benzene rings is 1. The molecule has 1 unspecified atom stereocenters. The zero-order valence-electron chi connectivity index (χ0n) is 20.3. The first kappa shape index (κ1) is 28.9. The van der Waals surface area contributed by atoms with E-state index in [2.05, 4.69) is 5.32 Å². The molecule has 0 aliphatic heterocycles. The van der Waals surface area contributed by atoms with Gasteiger partial charge in [-0.15, -0.1) is 0 Å². The molecule has 0 aliphatic rings. The highest BCUT2D eigenvalue weighted by atomic mass is 16.6. The molecule has 1 aromatic rings. The minimum Gasteiger partial charge on any atom is -0.494 e. The molecule has 1 rings (SSSR count). The lowest BCUT2D eigenvalue weighted by molar-refractivity contribution is -0.147. The van der Waals surface area contributed by atoms with Crippen LogP contribution in [0.3, 0.4) is 0 Å². The van der Waals surface area contributed by atoms with Gasteiger partial charge in [-0.1, -0.05) is 32.1 Å². The van der Waals surface area contributed by atoms with Gasteiger partial charge in [0.2, 0.25) is 5.91 Å². The van der Waals surface area contributed by atoms with E-state index in [1.54, 1.807) is 24.3 Å². The van der Waals surface area contributed by atoms with Crippen molar-refractivity contribution in [2.24, 2.45) is 0 Å². The van der Waals surface area contributed by atoms with Crippen molar-refractivity contribution in [2.75, 3.05) is 6.61 Å². The van der Waals surface area contributed by atoms with Crippen LogP contribution in [0, 0.1) is 0 Å². The molecular weight excluding hydrogens is 442 g/mol. The molecule has 1 aromatic carbocycles. The number of carboxylic acid groups (broad SMARTS) is 2. The molecule has 0 spiro atoms. The van der Waals surface area contributed by atoms with E-state index in [1.807, 2.05) is 20.8 Å². The summed E-state index contributed by atoms with van der Waals surface area (Å²) < 4.78 is 11.0. The summed E-state index contributed by atoms with van der Waals surface area (Å²) in [5.74, 6) is -2.71. The fourth-order valence-corrected chi connectivity index (χ4v) is 3.13. The van der Waals surface area contributed by atoms with E-state index in [-0.39, 0.29) is 12.4 Å². The second-order valence-corrected chi connectivity index (χ2v) is 9.16. The summed E-state index contributed by atoms with van der Waals surface area (Å²) in [7, 11) is 0. The lowest BCUT2D eigenvalue weighted by Crippen LogP contribution is -2.42. The molecule has 3 N–H and O–H groups in total. The Hall–Kier alpha value is -3.10. The van der Waals surface area contributed by atoms with Crippen LogP contribution in [0.1, 0.15) is 88.9 Å². The molecule has 1 atom stereocenters. The van der Waals surface area contributed by atoms with Crippen LogP contribution in [0.4, 0.5) is 0 Å². The van der Waals surface area contributed by atoms with Crippen molar-refractivity contribution in [3.8, 4) is 5.75 Å². The number of hydrogen-bond acceptors (Lipinski definition) is 6. The van der Waals surface area contributed by atoms with Gasteiger partial charge in [0, 0.05) is 6.42 Å². The Morgan fingerprint density at radius 3 is 1.97 bits per heavy atom. The Kier molecular flexibility index (Phi) is 12.7. The van der Waals surface area contributed by atoms with E-state index in [9.17, 15) is 19.2 Å². The number of nitrogens with one attached hydrogen (secondary N) is 1. The predicted molar refractivity (Wildman–Crippen MR) is 126 cm³/mol. The minimum atomic E-state index is -1.39. The van der Waals surface area contributed by atoms with Crippen LogP contribution in [0.2, 0.25) is 0 Å². The quantitative estimate of drug-likeness (QED) is 0.237. The highest BCUT2D eigenvalue weighted by molar-refractivity contribution is 5.89.